The average molecular weight is 529 g/mol. The molecule has 36 heavy (non-hydrogen) atoms. The van der Waals surface area contributed by atoms with Crippen molar-refractivity contribution in [3.05, 3.63) is 56.5 Å². The zero-order valence-corrected chi connectivity index (χ0v) is 22.0. The minimum Gasteiger partial charge on any atom is -0.484 e. The summed E-state index contributed by atoms with van der Waals surface area (Å²) >= 11 is 2.59. The summed E-state index contributed by atoms with van der Waals surface area (Å²) in [6.45, 7) is 7.29. The molecule has 0 bridgehead atoms. The number of hydrogen-bond acceptors (Lipinski definition) is 9. The SMILES string of the molecule is CCOC(=O)c1csc(NC(=O)c2csc(C3CCN(C(=O)COc4ccc(C)c(C)c4)CC3)n2)n1. The maximum absolute atomic E-state index is 12.6. The molecule has 0 aliphatic carbocycles. The Morgan fingerprint density at radius 3 is 2.53 bits per heavy atom. The summed E-state index contributed by atoms with van der Waals surface area (Å²) in [5, 5.41) is 7.14. The number of aryl methyl sites for hydroxylation is 2. The number of esters is 1. The van der Waals surface area contributed by atoms with Crippen LogP contribution >= 0.6 is 22.7 Å². The minimum atomic E-state index is -0.521. The van der Waals surface area contributed by atoms with Gasteiger partial charge in [0.05, 0.1) is 11.6 Å². The van der Waals surface area contributed by atoms with Crippen LogP contribution in [0.3, 0.4) is 0 Å². The van der Waals surface area contributed by atoms with Crippen LogP contribution in [0.2, 0.25) is 0 Å². The van der Waals surface area contributed by atoms with Crippen LogP contribution in [0.15, 0.2) is 29.0 Å². The van der Waals surface area contributed by atoms with Crippen molar-refractivity contribution in [2.24, 2.45) is 0 Å². The van der Waals surface area contributed by atoms with Crippen molar-refractivity contribution in [3.63, 3.8) is 0 Å². The number of hydrogen-bond donors (Lipinski definition) is 1. The van der Waals surface area contributed by atoms with Crippen molar-refractivity contribution >= 4 is 45.6 Å². The lowest BCUT2D eigenvalue weighted by Crippen LogP contribution is -2.40. The van der Waals surface area contributed by atoms with Crippen LogP contribution in [0.4, 0.5) is 5.13 Å². The average Bonchev–Trinajstić information content (AvgIpc) is 3.55. The summed E-state index contributed by atoms with van der Waals surface area (Å²) in [7, 11) is 0. The van der Waals surface area contributed by atoms with Crippen LogP contribution < -0.4 is 10.1 Å². The van der Waals surface area contributed by atoms with Gasteiger partial charge in [-0.15, -0.1) is 22.7 Å². The molecule has 190 valence electrons. The van der Waals surface area contributed by atoms with Crippen LogP contribution in [0.25, 0.3) is 0 Å². The molecule has 1 N–H and O–H groups in total. The van der Waals surface area contributed by atoms with E-state index < -0.39 is 5.97 Å². The fourth-order valence-corrected chi connectivity index (χ4v) is 5.43. The molecule has 0 radical (unpaired) electrons. The predicted octanol–water partition coefficient (Wildman–Crippen LogP) is 4.43. The summed E-state index contributed by atoms with van der Waals surface area (Å²) in [6.07, 6.45) is 1.55. The number of nitrogens with zero attached hydrogens (tertiary/aromatic N) is 3. The first-order chi connectivity index (χ1) is 17.3. The van der Waals surface area contributed by atoms with Gasteiger partial charge in [-0.1, -0.05) is 6.07 Å². The molecule has 0 unspecified atom stereocenters. The first-order valence-electron chi connectivity index (χ1n) is 11.7. The van der Waals surface area contributed by atoms with Crippen molar-refractivity contribution in [1.82, 2.24) is 14.9 Å². The van der Waals surface area contributed by atoms with E-state index in [4.69, 9.17) is 9.47 Å². The number of amides is 2. The number of carbonyl (C=O) groups excluding carboxylic acids is 3. The molecular formula is C25H28N4O5S2. The molecule has 0 atom stereocenters. The molecule has 1 aliphatic rings. The zero-order chi connectivity index (χ0) is 25.7. The lowest BCUT2D eigenvalue weighted by Gasteiger charge is -2.31. The smallest absolute Gasteiger partial charge is 0.357 e. The number of nitrogens with one attached hydrogen (secondary N) is 1. The number of aromatic nitrogens is 2. The summed E-state index contributed by atoms with van der Waals surface area (Å²) in [5.41, 5.74) is 2.79. The predicted molar refractivity (Wildman–Crippen MR) is 138 cm³/mol. The lowest BCUT2D eigenvalue weighted by atomic mass is 9.97. The van der Waals surface area contributed by atoms with E-state index in [1.807, 2.05) is 36.9 Å². The molecular weight excluding hydrogens is 500 g/mol. The number of rotatable bonds is 8. The first kappa shape index (κ1) is 25.8. The Morgan fingerprint density at radius 1 is 1.06 bits per heavy atom. The third kappa shape index (κ3) is 6.27. The monoisotopic (exact) mass is 528 g/mol. The van der Waals surface area contributed by atoms with E-state index in [0.29, 0.717) is 29.7 Å². The molecule has 9 nitrogen and oxygen atoms in total. The standard InChI is InChI=1S/C25H28N4O5S2/c1-4-33-24(32)20-14-36-25(27-20)28-22(31)19-13-35-23(26-19)17-7-9-29(10-8-17)21(30)12-34-18-6-5-15(2)16(3)11-18/h5-6,11,13-14,17H,4,7-10,12H2,1-3H3,(H,27,28,31). The normalized spacial score (nSPS) is 13.9. The van der Waals surface area contributed by atoms with Crippen molar-refractivity contribution in [2.75, 3.05) is 31.6 Å². The van der Waals surface area contributed by atoms with Gasteiger partial charge < -0.3 is 14.4 Å². The highest BCUT2D eigenvalue weighted by atomic mass is 32.1. The largest absolute Gasteiger partial charge is 0.484 e. The number of benzene rings is 1. The maximum Gasteiger partial charge on any atom is 0.357 e. The maximum atomic E-state index is 12.6. The number of ether oxygens (including phenoxy) is 2. The van der Waals surface area contributed by atoms with Gasteiger partial charge >= 0.3 is 5.97 Å². The highest BCUT2D eigenvalue weighted by Gasteiger charge is 2.27. The second-order valence-electron chi connectivity index (χ2n) is 8.47. The number of thiazole rings is 2. The third-order valence-electron chi connectivity index (χ3n) is 6.00. The van der Waals surface area contributed by atoms with E-state index in [9.17, 15) is 14.4 Å². The third-order valence-corrected chi connectivity index (χ3v) is 7.77. The number of piperidine rings is 1. The Bertz CT molecular complexity index is 1250. The molecule has 3 heterocycles. The molecule has 4 rings (SSSR count). The first-order valence-corrected chi connectivity index (χ1v) is 13.5. The molecule has 2 amide bonds. The minimum absolute atomic E-state index is 0.0172. The van der Waals surface area contributed by atoms with Crippen LogP contribution in [0.1, 0.15) is 62.8 Å². The number of likely N-dealkylation sites (tertiary alicyclic amines) is 1. The van der Waals surface area contributed by atoms with Crippen LogP contribution in [-0.4, -0.2) is 59.0 Å². The van der Waals surface area contributed by atoms with Gasteiger partial charge in [0.1, 0.15) is 11.4 Å². The van der Waals surface area contributed by atoms with Crippen molar-refractivity contribution in [2.45, 2.75) is 39.5 Å². The van der Waals surface area contributed by atoms with Crippen molar-refractivity contribution in [1.29, 1.82) is 0 Å². The van der Waals surface area contributed by atoms with Gasteiger partial charge in [0.25, 0.3) is 11.8 Å². The Balaban J connectivity index is 1.26. The second kappa shape index (κ2) is 11.6. The van der Waals surface area contributed by atoms with Gasteiger partial charge in [-0.3, -0.25) is 14.9 Å². The highest BCUT2D eigenvalue weighted by Crippen LogP contribution is 2.31. The van der Waals surface area contributed by atoms with E-state index in [1.165, 1.54) is 16.9 Å². The highest BCUT2D eigenvalue weighted by molar-refractivity contribution is 7.14. The molecule has 1 aromatic carbocycles. The molecule has 3 aromatic rings. The van der Waals surface area contributed by atoms with E-state index in [0.717, 1.165) is 34.7 Å². The van der Waals surface area contributed by atoms with Gasteiger partial charge in [-0.2, -0.15) is 0 Å². The van der Waals surface area contributed by atoms with Gasteiger partial charge in [0.15, 0.2) is 17.4 Å². The second-order valence-corrected chi connectivity index (χ2v) is 10.2. The summed E-state index contributed by atoms with van der Waals surface area (Å²) in [4.78, 5) is 47.4. The summed E-state index contributed by atoms with van der Waals surface area (Å²) in [6, 6.07) is 5.81. The topological polar surface area (TPSA) is 111 Å². The van der Waals surface area contributed by atoms with Gasteiger partial charge in [-0.25, -0.2) is 14.8 Å². The number of anilines is 1. The summed E-state index contributed by atoms with van der Waals surface area (Å²) < 4.78 is 10.6. The van der Waals surface area contributed by atoms with Crippen molar-refractivity contribution < 1.29 is 23.9 Å². The molecule has 1 fully saturated rings. The van der Waals surface area contributed by atoms with Crippen LogP contribution in [0.5, 0.6) is 5.75 Å². The van der Waals surface area contributed by atoms with E-state index >= 15 is 0 Å². The Morgan fingerprint density at radius 2 is 1.81 bits per heavy atom. The van der Waals surface area contributed by atoms with Crippen LogP contribution in [0, 0.1) is 13.8 Å². The Hall–Kier alpha value is -3.31. The van der Waals surface area contributed by atoms with Gasteiger partial charge in [0.2, 0.25) is 0 Å². The van der Waals surface area contributed by atoms with E-state index in [1.54, 1.807) is 17.7 Å². The summed E-state index contributed by atoms with van der Waals surface area (Å²) in [5.74, 6) is -0.0388. The molecule has 0 spiro atoms. The number of carbonyl (C=O) groups is 3. The van der Waals surface area contributed by atoms with Crippen molar-refractivity contribution in [3.8, 4) is 5.75 Å². The fraction of sp³-hybridized carbons (Fsp3) is 0.400. The Kier molecular flexibility index (Phi) is 8.32. The molecule has 0 saturated carbocycles. The molecule has 1 saturated heterocycles. The van der Waals surface area contributed by atoms with Crippen LogP contribution in [-0.2, 0) is 9.53 Å². The molecule has 2 aromatic heterocycles. The van der Waals surface area contributed by atoms with Gasteiger partial charge in [0, 0.05) is 29.8 Å². The zero-order valence-electron chi connectivity index (χ0n) is 20.4. The van der Waals surface area contributed by atoms with E-state index in [2.05, 4.69) is 15.3 Å². The van der Waals surface area contributed by atoms with E-state index in [-0.39, 0.29) is 36.6 Å². The fourth-order valence-electron chi connectivity index (χ4n) is 3.79. The Labute approximate surface area is 217 Å². The lowest BCUT2D eigenvalue weighted by molar-refractivity contribution is -0.134. The van der Waals surface area contributed by atoms with Gasteiger partial charge in [-0.05, 0) is 56.9 Å². The quantitative estimate of drug-likeness (QED) is 0.431. The molecule has 1 aliphatic heterocycles. The molecule has 11 heteroatoms.